The van der Waals surface area contributed by atoms with Gasteiger partial charge in [-0.15, -0.1) is 0 Å². The van der Waals surface area contributed by atoms with E-state index in [-0.39, 0.29) is 11.6 Å². The minimum atomic E-state index is -0.533. The molecule has 0 bridgehead atoms. The summed E-state index contributed by atoms with van der Waals surface area (Å²) in [4.78, 5) is 12.4. The third-order valence-corrected chi connectivity index (χ3v) is 4.47. The molecule has 3 nitrogen and oxygen atoms in total. The van der Waals surface area contributed by atoms with Crippen molar-refractivity contribution in [1.82, 2.24) is 5.32 Å². The zero-order valence-corrected chi connectivity index (χ0v) is 12.5. The van der Waals surface area contributed by atoms with Crippen LogP contribution in [0.25, 0.3) is 0 Å². The van der Waals surface area contributed by atoms with Crippen LogP contribution in [0, 0.1) is 0 Å². The number of carbonyl (C=O) groups excluding carboxylic acids is 1. The van der Waals surface area contributed by atoms with Crippen LogP contribution >= 0.6 is 0 Å². The van der Waals surface area contributed by atoms with E-state index in [4.69, 9.17) is 4.74 Å². The monoisotopic (exact) mass is 255 g/mol. The standard InChI is InChI=1S/C15H29NO2/c1-5-10-14(3,16-4)13(17)18-15(6-2)11-8-7-9-12-15/h16H,5-12H2,1-4H3. The third-order valence-electron chi connectivity index (χ3n) is 4.47. The Kier molecular flexibility index (Phi) is 5.64. The van der Waals surface area contributed by atoms with E-state index in [0.717, 1.165) is 32.1 Å². The van der Waals surface area contributed by atoms with Gasteiger partial charge in [0.15, 0.2) is 0 Å². The largest absolute Gasteiger partial charge is 0.458 e. The molecule has 0 heterocycles. The van der Waals surface area contributed by atoms with Gasteiger partial charge in [0, 0.05) is 0 Å². The van der Waals surface area contributed by atoms with Gasteiger partial charge in [0.25, 0.3) is 0 Å². The second-order valence-corrected chi connectivity index (χ2v) is 5.82. The van der Waals surface area contributed by atoms with Crippen LogP contribution in [-0.4, -0.2) is 24.2 Å². The highest BCUT2D eigenvalue weighted by atomic mass is 16.6. The minimum Gasteiger partial charge on any atom is -0.458 e. The van der Waals surface area contributed by atoms with Crippen molar-refractivity contribution in [3.63, 3.8) is 0 Å². The van der Waals surface area contributed by atoms with E-state index in [1.54, 1.807) is 0 Å². The van der Waals surface area contributed by atoms with E-state index in [1.165, 1.54) is 19.3 Å². The van der Waals surface area contributed by atoms with Gasteiger partial charge in [-0.2, -0.15) is 0 Å². The summed E-state index contributed by atoms with van der Waals surface area (Å²) in [5, 5.41) is 3.14. The highest BCUT2D eigenvalue weighted by Crippen LogP contribution is 2.35. The predicted octanol–water partition coefficient (Wildman–Crippen LogP) is 3.42. The van der Waals surface area contributed by atoms with Gasteiger partial charge >= 0.3 is 5.97 Å². The third kappa shape index (κ3) is 3.47. The molecule has 0 aromatic rings. The lowest BCUT2D eigenvalue weighted by Gasteiger charge is -2.39. The molecule has 0 aliphatic heterocycles. The van der Waals surface area contributed by atoms with Gasteiger partial charge in [0.2, 0.25) is 0 Å². The van der Waals surface area contributed by atoms with Crippen LogP contribution in [0.1, 0.15) is 72.1 Å². The average molecular weight is 255 g/mol. The molecule has 1 atom stereocenters. The quantitative estimate of drug-likeness (QED) is 0.739. The second kappa shape index (κ2) is 6.55. The molecule has 0 saturated heterocycles. The van der Waals surface area contributed by atoms with Gasteiger partial charge in [-0.25, -0.2) is 0 Å². The molecule has 18 heavy (non-hydrogen) atoms. The van der Waals surface area contributed by atoms with Crippen LogP contribution in [0.15, 0.2) is 0 Å². The topological polar surface area (TPSA) is 38.3 Å². The van der Waals surface area contributed by atoms with Crippen molar-refractivity contribution in [1.29, 1.82) is 0 Å². The SMILES string of the molecule is CCCC(C)(NC)C(=O)OC1(CC)CCCCC1. The van der Waals surface area contributed by atoms with Gasteiger partial charge < -0.3 is 10.1 Å². The summed E-state index contributed by atoms with van der Waals surface area (Å²) in [7, 11) is 1.84. The molecule has 0 radical (unpaired) electrons. The van der Waals surface area contributed by atoms with E-state index in [9.17, 15) is 4.79 Å². The van der Waals surface area contributed by atoms with Gasteiger partial charge in [-0.3, -0.25) is 4.79 Å². The van der Waals surface area contributed by atoms with Gasteiger partial charge in [-0.05, 0) is 52.5 Å². The van der Waals surface area contributed by atoms with Crippen molar-refractivity contribution < 1.29 is 9.53 Å². The Labute approximate surface area is 112 Å². The Morgan fingerprint density at radius 2 is 1.89 bits per heavy atom. The molecule has 0 aromatic heterocycles. The fourth-order valence-corrected chi connectivity index (χ4v) is 2.86. The van der Waals surface area contributed by atoms with E-state index in [1.807, 2.05) is 14.0 Å². The summed E-state index contributed by atoms with van der Waals surface area (Å²) in [5.74, 6) is -0.0735. The molecular weight excluding hydrogens is 226 g/mol. The summed E-state index contributed by atoms with van der Waals surface area (Å²) in [6.45, 7) is 6.18. The Morgan fingerprint density at radius 1 is 1.28 bits per heavy atom. The molecule has 1 unspecified atom stereocenters. The van der Waals surface area contributed by atoms with Crippen molar-refractivity contribution in [2.75, 3.05) is 7.05 Å². The highest BCUT2D eigenvalue weighted by molar-refractivity contribution is 5.80. The van der Waals surface area contributed by atoms with E-state index in [0.29, 0.717) is 0 Å². The molecule has 1 fully saturated rings. The number of hydrogen-bond acceptors (Lipinski definition) is 3. The molecule has 1 rings (SSSR count). The summed E-state index contributed by atoms with van der Waals surface area (Å²) < 4.78 is 5.94. The van der Waals surface area contributed by atoms with Gasteiger partial charge in [-0.1, -0.05) is 26.7 Å². The normalized spacial score (nSPS) is 22.2. The number of hydrogen-bond donors (Lipinski definition) is 1. The van der Waals surface area contributed by atoms with Gasteiger partial charge in [0.05, 0.1) is 0 Å². The summed E-state index contributed by atoms with van der Waals surface area (Å²) in [5.41, 5.74) is -0.727. The first-order valence-electron chi connectivity index (χ1n) is 7.44. The number of ether oxygens (including phenoxy) is 1. The number of likely N-dealkylation sites (N-methyl/N-ethyl adjacent to an activating group) is 1. The lowest BCUT2D eigenvalue weighted by Crippen LogP contribution is -2.52. The number of nitrogens with one attached hydrogen (secondary N) is 1. The molecule has 0 spiro atoms. The maximum Gasteiger partial charge on any atom is 0.326 e. The molecule has 1 aliphatic rings. The lowest BCUT2D eigenvalue weighted by atomic mass is 9.82. The van der Waals surface area contributed by atoms with E-state index < -0.39 is 5.54 Å². The highest BCUT2D eigenvalue weighted by Gasteiger charge is 2.40. The van der Waals surface area contributed by atoms with E-state index in [2.05, 4.69) is 19.2 Å². The molecular formula is C15H29NO2. The second-order valence-electron chi connectivity index (χ2n) is 5.82. The van der Waals surface area contributed by atoms with Crippen LogP contribution in [0.4, 0.5) is 0 Å². The smallest absolute Gasteiger partial charge is 0.326 e. The van der Waals surface area contributed by atoms with Crippen molar-refractivity contribution in [3.8, 4) is 0 Å². The molecule has 0 aromatic carbocycles. The first-order valence-corrected chi connectivity index (χ1v) is 7.44. The Balaban J connectivity index is 2.71. The molecule has 1 aliphatic carbocycles. The number of carbonyl (C=O) groups is 1. The van der Waals surface area contributed by atoms with Crippen molar-refractivity contribution in [2.24, 2.45) is 0 Å². The van der Waals surface area contributed by atoms with E-state index >= 15 is 0 Å². The molecule has 3 heteroatoms. The Morgan fingerprint density at radius 3 is 2.33 bits per heavy atom. The molecule has 1 N–H and O–H groups in total. The van der Waals surface area contributed by atoms with Crippen molar-refractivity contribution >= 4 is 5.97 Å². The molecule has 1 saturated carbocycles. The number of rotatable bonds is 6. The summed E-state index contributed by atoms with van der Waals surface area (Å²) in [6, 6.07) is 0. The fourth-order valence-electron chi connectivity index (χ4n) is 2.86. The maximum atomic E-state index is 12.4. The Bertz CT molecular complexity index is 272. The Hall–Kier alpha value is -0.570. The first kappa shape index (κ1) is 15.5. The minimum absolute atomic E-state index is 0.0735. The fraction of sp³-hybridized carbons (Fsp3) is 0.933. The summed E-state index contributed by atoms with van der Waals surface area (Å²) >= 11 is 0. The van der Waals surface area contributed by atoms with Crippen LogP contribution in [0.5, 0.6) is 0 Å². The maximum absolute atomic E-state index is 12.4. The average Bonchev–Trinajstić information content (AvgIpc) is 2.39. The van der Waals surface area contributed by atoms with Crippen LogP contribution < -0.4 is 5.32 Å². The summed E-state index contributed by atoms with van der Waals surface area (Å²) in [6.07, 6.45) is 8.44. The zero-order chi connectivity index (χ0) is 13.6. The predicted molar refractivity (Wildman–Crippen MR) is 74.6 cm³/mol. The van der Waals surface area contributed by atoms with Gasteiger partial charge in [0.1, 0.15) is 11.1 Å². The molecule has 106 valence electrons. The molecule has 0 amide bonds. The van der Waals surface area contributed by atoms with Crippen LogP contribution in [0.2, 0.25) is 0 Å². The number of esters is 1. The lowest BCUT2D eigenvalue weighted by molar-refractivity contribution is -0.171. The zero-order valence-electron chi connectivity index (χ0n) is 12.5. The van der Waals surface area contributed by atoms with Crippen LogP contribution in [0.3, 0.4) is 0 Å². The van der Waals surface area contributed by atoms with Crippen molar-refractivity contribution in [3.05, 3.63) is 0 Å². The van der Waals surface area contributed by atoms with Crippen molar-refractivity contribution in [2.45, 2.75) is 83.3 Å². The first-order chi connectivity index (χ1) is 8.52. The van der Waals surface area contributed by atoms with Crippen LogP contribution in [-0.2, 0) is 9.53 Å².